The summed E-state index contributed by atoms with van der Waals surface area (Å²) in [6, 6.07) is 0.463. The molecule has 84 valence electrons. The molecule has 0 aromatic heterocycles. The van der Waals surface area contributed by atoms with Crippen molar-refractivity contribution in [1.29, 1.82) is 0 Å². The molecule has 3 rings (SSSR count). The highest BCUT2D eigenvalue weighted by Gasteiger charge is 2.48. The van der Waals surface area contributed by atoms with Crippen LogP contribution in [0.1, 0.15) is 19.3 Å². The Morgan fingerprint density at radius 3 is 2.93 bits per heavy atom. The van der Waals surface area contributed by atoms with Crippen LogP contribution in [-0.4, -0.2) is 51.8 Å². The topological polar surface area (TPSA) is 52.6 Å². The van der Waals surface area contributed by atoms with Crippen LogP contribution >= 0.6 is 11.8 Å². The molecule has 3 aliphatic rings. The van der Waals surface area contributed by atoms with Gasteiger partial charge in [-0.1, -0.05) is 0 Å². The Hall–Kier alpha value is -0.260. The molecular formula is C10H16N2O2S. The van der Waals surface area contributed by atoms with E-state index in [1.165, 1.54) is 12.8 Å². The number of thioether (sulfide) groups is 1. The lowest BCUT2D eigenvalue weighted by Crippen LogP contribution is -2.46. The summed E-state index contributed by atoms with van der Waals surface area (Å²) in [6.45, 7) is 2.17. The van der Waals surface area contributed by atoms with Crippen LogP contribution in [0.5, 0.6) is 0 Å². The minimum Gasteiger partial charge on any atom is -0.480 e. The SMILES string of the molecule is O=C(O)[C@H]1CSC2(CCN(C3CC3)C2)N1. The summed E-state index contributed by atoms with van der Waals surface area (Å²) in [4.78, 5) is 13.4. The first-order valence-corrected chi connectivity index (χ1v) is 6.56. The van der Waals surface area contributed by atoms with E-state index in [9.17, 15) is 4.79 Å². The first-order valence-electron chi connectivity index (χ1n) is 5.57. The first kappa shape index (κ1) is 9.93. The van der Waals surface area contributed by atoms with Gasteiger partial charge in [0.15, 0.2) is 0 Å². The normalized spacial score (nSPS) is 41.5. The molecule has 4 nitrogen and oxygen atoms in total. The van der Waals surface area contributed by atoms with Crippen molar-refractivity contribution in [3.8, 4) is 0 Å². The molecule has 0 bridgehead atoms. The molecule has 0 aromatic rings. The zero-order valence-electron chi connectivity index (χ0n) is 8.61. The standard InChI is InChI=1S/C10H16N2O2S/c13-9(14)8-5-15-10(11-8)3-4-12(6-10)7-1-2-7/h7-8,11H,1-6H2,(H,13,14)/t8-,10?/m1/s1. The van der Waals surface area contributed by atoms with Crippen LogP contribution in [-0.2, 0) is 4.79 Å². The second-order valence-electron chi connectivity index (χ2n) is 4.79. The fourth-order valence-electron chi connectivity index (χ4n) is 2.57. The first-order chi connectivity index (χ1) is 7.19. The minimum absolute atomic E-state index is 0.0473. The number of carboxylic acid groups (broad SMARTS) is 1. The van der Waals surface area contributed by atoms with Crippen LogP contribution in [0.3, 0.4) is 0 Å². The molecular weight excluding hydrogens is 212 g/mol. The number of nitrogens with zero attached hydrogens (tertiary/aromatic N) is 1. The Kier molecular flexibility index (Phi) is 2.23. The molecule has 3 fully saturated rings. The van der Waals surface area contributed by atoms with E-state index in [-0.39, 0.29) is 10.9 Å². The Bertz CT molecular complexity index is 295. The predicted octanol–water partition coefficient (Wildman–Crippen LogP) is 0.340. The Labute approximate surface area is 93.4 Å². The van der Waals surface area contributed by atoms with E-state index in [1.807, 2.05) is 0 Å². The zero-order chi connectivity index (χ0) is 10.5. The van der Waals surface area contributed by atoms with Gasteiger partial charge >= 0.3 is 5.97 Å². The molecule has 15 heavy (non-hydrogen) atoms. The lowest BCUT2D eigenvalue weighted by Gasteiger charge is -2.24. The van der Waals surface area contributed by atoms with Crippen molar-refractivity contribution in [2.75, 3.05) is 18.8 Å². The second kappa shape index (κ2) is 3.37. The largest absolute Gasteiger partial charge is 0.480 e. The average molecular weight is 228 g/mol. The van der Waals surface area contributed by atoms with Crippen molar-refractivity contribution in [2.45, 2.75) is 36.2 Å². The third-order valence-electron chi connectivity index (χ3n) is 3.59. The Morgan fingerprint density at radius 2 is 2.33 bits per heavy atom. The van der Waals surface area contributed by atoms with Crippen molar-refractivity contribution >= 4 is 17.7 Å². The van der Waals surface area contributed by atoms with Crippen LogP contribution in [0.25, 0.3) is 0 Å². The molecule has 1 saturated carbocycles. The zero-order valence-corrected chi connectivity index (χ0v) is 9.42. The molecule has 0 aromatic carbocycles. The van der Waals surface area contributed by atoms with Gasteiger partial charge in [-0.15, -0.1) is 11.8 Å². The van der Waals surface area contributed by atoms with Crippen molar-refractivity contribution in [2.24, 2.45) is 0 Å². The van der Waals surface area contributed by atoms with Crippen LogP contribution in [0.4, 0.5) is 0 Å². The number of hydrogen-bond donors (Lipinski definition) is 2. The van der Waals surface area contributed by atoms with Crippen molar-refractivity contribution in [3.63, 3.8) is 0 Å². The maximum absolute atomic E-state index is 10.9. The fourth-order valence-corrected chi connectivity index (χ4v) is 4.00. The van der Waals surface area contributed by atoms with E-state index >= 15 is 0 Å². The van der Waals surface area contributed by atoms with Gasteiger partial charge in [-0.3, -0.25) is 15.0 Å². The number of carboxylic acids is 1. The van der Waals surface area contributed by atoms with Gasteiger partial charge in [-0.2, -0.15) is 0 Å². The van der Waals surface area contributed by atoms with Gasteiger partial charge in [0.2, 0.25) is 0 Å². The van der Waals surface area contributed by atoms with Gasteiger partial charge in [0.25, 0.3) is 0 Å². The quantitative estimate of drug-likeness (QED) is 0.714. The number of carbonyl (C=O) groups is 1. The number of likely N-dealkylation sites (tertiary alicyclic amines) is 1. The summed E-state index contributed by atoms with van der Waals surface area (Å²) in [5, 5.41) is 12.3. The average Bonchev–Trinajstić information content (AvgIpc) is 2.85. The van der Waals surface area contributed by atoms with E-state index in [4.69, 9.17) is 5.11 Å². The van der Waals surface area contributed by atoms with E-state index in [1.54, 1.807) is 11.8 Å². The number of hydrogen-bond acceptors (Lipinski definition) is 4. The van der Waals surface area contributed by atoms with Gasteiger partial charge in [-0.05, 0) is 19.3 Å². The van der Waals surface area contributed by atoms with Gasteiger partial charge in [0, 0.05) is 24.9 Å². The second-order valence-corrected chi connectivity index (χ2v) is 6.20. The molecule has 0 amide bonds. The van der Waals surface area contributed by atoms with Gasteiger partial charge < -0.3 is 5.11 Å². The van der Waals surface area contributed by atoms with Gasteiger partial charge in [0.1, 0.15) is 6.04 Å². The third kappa shape index (κ3) is 1.77. The van der Waals surface area contributed by atoms with Crippen LogP contribution < -0.4 is 5.32 Å². The Balaban J connectivity index is 1.64. The molecule has 1 aliphatic carbocycles. The van der Waals surface area contributed by atoms with Crippen molar-refractivity contribution in [1.82, 2.24) is 10.2 Å². The molecule has 2 aliphatic heterocycles. The van der Waals surface area contributed by atoms with E-state index in [2.05, 4.69) is 10.2 Å². The molecule has 1 spiro atoms. The summed E-state index contributed by atoms with van der Waals surface area (Å²) in [5.41, 5.74) is 0. The van der Waals surface area contributed by atoms with E-state index in [0.29, 0.717) is 5.75 Å². The van der Waals surface area contributed by atoms with Crippen molar-refractivity contribution < 1.29 is 9.90 Å². The Morgan fingerprint density at radius 1 is 1.53 bits per heavy atom. The number of nitrogens with one attached hydrogen (secondary N) is 1. The lowest BCUT2D eigenvalue weighted by atomic mass is 10.2. The van der Waals surface area contributed by atoms with Gasteiger partial charge in [0.05, 0.1) is 4.87 Å². The molecule has 2 saturated heterocycles. The molecule has 0 radical (unpaired) electrons. The molecule has 2 N–H and O–H groups in total. The summed E-state index contributed by atoms with van der Waals surface area (Å²) < 4.78 is 0. The van der Waals surface area contributed by atoms with E-state index < -0.39 is 5.97 Å². The van der Waals surface area contributed by atoms with E-state index in [0.717, 1.165) is 25.6 Å². The van der Waals surface area contributed by atoms with Crippen LogP contribution in [0.15, 0.2) is 0 Å². The highest BCUT2D eigenvalue weighted by atomic mass is 32.2. The lowest BCUT2D eigenvalue weighted by molar-refractivity contribution is -0.138. The molecule has 2 heterocycles. The summed E-state index contributed by atoms with van der Waals surface area (Å²) in [6.07, 6.45) is 3.77. The van der Waals surface area contributed by atoms with Crippen LogP contribution in [0.2, 0.25) is 0 Å². The predicted molar refractivity (Wildman–Crippen MR) is 59.0 cm³/mol. The monoisotopic (exact) mass is 228 g/mol. The molecule has 5 heteroatoms. The fraction of sp³-hybridized carbons (Fsp3) is 0.900. The molecule has 1 unspecified atom stereocenters. The minimum atomic E-state index is -0.704. The number of aliphatic carboxylic acids is 1. The smallest absolute Gasteiger partial charge is 0.321 e. The third-order valence-corrected chi connectivity index (χ3v) is 5.09. The molecule has 2 atom stereocenters. The number of rotatable bonds is 2. The van der Waals surface area contributed by atoms with Gasteiger partial charge in [-0.25, -0.2) is 0 Å². The summed E-state index contributed by atoms with van der Waals surface area (Å²) in [7, 11) is 0. The maximum atomic E-state index is 10.9. The summed E-state index contributed by atoms with van der Waals surface area (Å²) >= 11 is 1.80. The van der Waals surface area contributed by atoms with Crippen LogP contribution in [0, 0.1) is 0 Å². The highest BCUT2D eigenvalue weighted by Crippen LogP contribution is 2.42. The summed E-state index contributed by atoms with van der Waals surface area (Å²) in [5.74, 6) is 0.0117. The van der Waals surface area contributed by atoms with Crippen molar-refractivity contribution in [3.05, 3.63) is 0 Å². The maximum Gasteiger partial charge on any atom is 0.321 e. The highest BCUT2D eigenvalue weighted by molar-refractivity contribution is 8.01.